The number of nitrogens with zero attached hydrogens (tertiary/aromatic N) is 4. The van der Waals surface area contributed by atoms with Crippen LogP contribution < -0.4 is 5.32 Å². The lowest BCUT2D eigenvalue weighted by Gasteiger charge is -2.07. The molecular weight excluding hydrogens is 288 g/mol. The lowest BCUT2D eigenvalue weighted by atomic mass is 10.3. The van der Waals surface area contributed by atoms with Crippen LogP contribution in [-0.4, -0.2) is 19.5 Å². The Labute approximate surface area is 117 Å². The number of hydrogen-bond donors (Lipinski definition) is 1. The molecule has 0 aliphatic carbocycles. The molecule has 5 nitrogen and oxygen atoms in total. The van der Waals surface area contributed by atoms with E-state index in [0.29, 0.717) is 22.7 Å². The highest BCUT2D eigenvalue weighted by Crippen LogP contribution is 2.24. The number of halogens is 3. The third-order valence-corrected chi connectivity index (χ3v) is 2.88. The summed E-state index contributed by atoms with van der Waals surface area (Å²) in [7, 11) is 1.76. The van der Waals surface area contributed by atoms with Gasteiger partial charge in [0.15, 0.2) is 28.6 Å². The van der Waals surface area contributed by atoms with Crippen LogP contribution in [0.3, 0.4) is 0 Å². The molecule has 0 saturated heterocycles. The standard InChI is InChI=1S/C12H8ClF2N5/c1-20-5-16-9-10(18-12(13)19-11(9)20)17-6-2-3-7(14)8(15)4-6/h2-5H,1H3,(H,17,18,19). The number of hydrogen-bond acceptors (Lipinski definition) is 4. The quantitative estimate of drug-likeness (QED) is 0.738. The predicted octanol–water partition coefficient (Wildman–Crippen LogP) is 3.04. The number of nitrogens with one attached hydrogen (secondary N) is 1. The monoisotopic (exact) mass is 295 g/mol. The van der Waals surface area contributed by atoms with E-state index in [1.807, 2.05) is 0 Å². The van der Waals surface area contributed by atoms with Crippen molar-refractivity contribution in [3.63, 3.8) is 0 Å². The third-order valence-electron chi connectivity index (χ3n) is 2.71. The van der Waals surface area contributed by atoms with Crippen LogP contribution in [0.1, 0.15) is 0 Å². The zero-order chi connectivity index (χ0) is 14.3. The highest BCUT2D eigenvalue weighted by atomic mass is 35.5. The summed E-state index contributed by atoms with van der Waals surface area (Å²) in [6.45, 7) is 0. The minimum absolute atomic E-state index is 0.0335. The smallest absolute Gasteiger partial charge is 0.226 e. The molecule has 0 bridgehead atoms. The molecule has 102 valence electrons. The van der Waals surface area contributed by atoms with E-state index < -0.39 is 11.6 Å². The molecule has 20 heavy (non-hydrogen) atoms. The predicted molar refractivity (Wildman–Crippen MR) is 71.0 cm³/mol. The van der Waals surface area contributed by atoms with Gasteiger partial charge in [0.1, 0.15) is 0 Å². The summed E-state index contributed by atoms with van der Waals surface area (Å²) >= 11 is 5.84. The largest absolute Gasteiger partial charge is 0.338 e. The van der Waals surface area contributed by atoms with Crippen molar-refractivity contribution in [1.82, 2.24) is 19.5 Å². The van der Waals surface area contributed by atoms with Crippen LogP contribution in [0.4, 0.5) is 20.3 Å². The van der Waals surface area contributed by atoms with Gasteiger partial charge in [0, 0.05) is 18.8 Å². The maximum absolute atomic E-state index is 13.2. The van der Waals surface area contributed by atoms with Crippen molar-refractivity contribution < 1.29 is 8.78 Å². The Hall–Kier alpha value is -2.28. The van der Waals surface area contributed by atoms with Crippen LogP contribution in [0.15, 0.2) is 24.5 Å². The van der Waals surface area contributed by atoms with Crippen LogP contribution in [0.5, 0.6) is 0 Å². The van der Waals surface area contributed by atoms with Crippen molar-refractivity contribution in [2.24, 2.45) is 7.05 Å². The van der Waals surface area contributed by atoms with Crippen molar-refractivity contribution in [3.8, 4) is 0 Å². The first-order valence-corrected chi connectivity index (χ1v) is 5.99. The van der Waals surface area contributed by atoms with Gasteiger partial charge in [-0.3, -0.25) is 0 Å². The maximum atomic E-state index is 13.2. The summed E-state index contributed by atoms with van der Waals surface area (Å²) in [5.41, 5.74) is 1.36. The van der Waals surface area contributed by atoms with Crippen molar-refractivity contribution in [2.45, 2.75) is 0 Å². The minimum atomic E-state index is -0.951. The molecule has 2 heterocycles. The summed E-state index contributed by atoms with van der Waals surface area (Å²) in [5.74, 6) is -1.54. The molecule has 0 aliphatic rings. The van der Waals surface area contributed by atoms with Crippen molar-refractivity contribution in [2.75, 3.05) is 5.32 Å². The summed E-state index contributed by atoms with van der Waals surface area (Å²) in [6.07, 6.45) is 1.56. The van der Waals surface area contributed by atoms with Gasteiger partial charge in [-0.2, -0.15) is 9.97 Å². The lowest BCUT2D eigenvalue weighted by Crippen LogP contribution is -1.99. The number of fused-ring (bicyclic) bond motifs is 1. The van der Waals surface area contributed by atoms with Gasteiger partial charge in [0.25, 0.3) is 0 Å². The van der Waals surface area contributed by atoms with Gasteiger partial charge in [-0.05, 0) is 23.7 Å². The van der Waals surface area contributed by atoms with E-state index in [1.165, 1.54) is 6.07 Å². The SMILES string of the molecule is Cn1cnc2c(Nc3ccc(F)c(F)c3)nc(Cl)nc21. The van der Waals surface area contributed by atoms with Crippen LogP contribution in [0, 0.1) is 11.6 Å². The highest BCUT2D eigenvalue weighted by Gasteiger charge is 2.12. The normalized spacial score (nSPS) is 11.0. The van der Waals surface area contributed by atoms with E-state index in [2.05, 4.69) is 20.3 Å². The average molecular weight is 296 g/mol. The second-order valence-electron chi connectivity index (χ2n) is 4.12. The molecule has 0 saturated carbocycles. The first kappa shape index (κ1) is 12.7. The summed E-state index contributed by atoms with van der Waals surface area (Å²) in [4.78, 5) is 12.2. The molecule has 2 aromatic heterocycles. The van der Waals surface area contributed by atoms with E-state index >= 15 is 0 Å². The molecule has 0 aliphatic heterocycles. The fourth-order valence-corrected chi connectivity index (χ4v) is 1.94. The fourth-order valence-electron chi connectivity index (χ4n) is 1.78. The van der Waals surface area contributed by atoms with E-state index in [9.17, 15) is 8.78 Å². The van der Waals surface area contributed by atoms with Crippen molar-refractivity contribution >= 4 is 34.3 Å². The number of imidazole rings is 1. The number of anilines is 2. The zero-order valence-corrected chi connectivity index (χ0v) is 11.0. The minimum Gasteiger partial charge on any atom is -0.338 e. The Bertz CT molecular complexity index is 802. The summed E-state index contributed by atoms with van der Waals surface area (Å²) in [5, 5.41) is 2.88. The molecule has 1 aromatic carbocycles. The Balaban J connectivity index is 2.08. The Morgan fingerprint density at radius 2 is 2.00 bits per heavy atom. The zero-order valence-electron chi connectivity index (χ0n) is 10.2. The number of rotatable bonds is 2. The highest BCUT2D eigenvalue weighted by molar-refractivity contribution is 6.28. The average Bonchev–Trinajstić information content (AvgIpc) is 2.76. The number of benzene rings is 1. The fraction of sp³-hybridized carbons (Fsp3) is 0.0833. The van der Waals surface area contributed by atoms with Gasteiger partial charge in [0.2, 0.25) is 5.28 Å². The molecule has 0 atom stereocenters. The van der Waals surface area contributed by atoms with E-state index in [-0.39, 0.29) is 5.28 Å². The summed E-state index contributed by atoms with van der Waals surface area (Å²) < 4.78 is 27.8. The second-order valence-corrected chi connectivity index (χ2v) is 4.46. The Morgan fingerprint density at radius 3 is 2.75 bits per heavy atom. The molecule has 3 aromatic rings. The first-order chi connectivity index (χ1) is 9.54. The molecule has 0 unspecified atom stereocenters. The van der Waals surface area contributed by atoms with E-state index in [0.717, 1.165) is 12.1 Å². The molecule has 0 amide bonds. The third kappa shape index (κ3) is 2.16. The number of aryl methyl sites for hydroxylation is 1. The second kappa shape index (κ2) is 4.68. The van der Waals surface area contributed by atoms with Crippen LogP contribution in [0.25, 0.3) is 11.2 Å². The molecule has 8 heteroatoms. The molecule has 1 N–H and O–H groups in total. The molecule has 3 rings (SSSR count). The maximum Gasteiger partial charge on any atom is 0.226 e. The van der Waals surface area contributed by atoms with Crippen LogP contribution in [-0.2, 0) is 7.05 Å². The van der Waals surface area contributed by atoms with Gasteiger partial charge in [0.05, 0.1) is 6.33 Å². The van der Waals surface area contributed by atoms with Gasteiger partial charge in [-0.25, -0.2) is 13.8 Å². The van der Waals surface area contributed by atoms with Crippen molar-refractivity contribution in [1.29, 1.82) is 0 Å². The van der Waals surface area contributed by atoms with Crippen LogP contribution in [0.2, 0.25) is 5.28 Å². The Morgan fingerprint density at radius 1 is 1.20 bits per heavy atom. The van der Waals surface area contributed by atoms with Crippen molar-refractivity contribution in [3.05, 3.63) is 41.4 Å². The summed E-state index contributed by atoms with van der Waals surface area (Å²) in [6, 6.07) is 3.44. The number of aromatic nitrogens is 4. The van der Waals surface area contributed by atoms with Crippen LogP contribution >= 0.6 is 11.6 Å². The topological polar surface area (TPSA) is 55.6 Å². The molecule has 0 fully saturated rings. The van der Waals surface area contributed by atoms with Gasteiger partial charge < -0.3 is 9.88 Å². The van der Waals surface area contributed by atoms with Gasteiger partial charge in [-0.15, -0.1) is 0 Å². The molecular formula is C12H8ClF2N5. The molecule has 0 spiro atoms. The van der Waals surface area contributed by atoms with Gasteiger partial charge >= 0.3 is 0 Å². The first-order valence-electron chi connectivity index (χ1n) is 5.61. The van der Waals surface area contributed by atoms with E-state index in [4.69, 9.17) is 11.6 Å². The Kier molecular flexibility index (Phi) is 2.98. The molecule has 0 radical (unpaired) electrons. The lowest BCUT2D eigenvalue weighted by molar-refractivity contribution is 0.509. The van der Waals surface area contributed by atoms with E-state index in [1.54, 1.807) is 17.9 Å². The van der Waals surface area contributed by atoms with Gasteiger partial charge in [-0.1, -0.05) is 0 Å².